The highest BCUT2D eigenvalue weighted by Crippen LogP contribution is 2.34. The molecule has 0 aromatic heterocycles. The Balaban J connectivity index is 1.52. The second kappa shape index (κ2) is 9.60. The van der Waals surface area contributed by atoms with Gasteiger partial charge in [-0.1, -0.05) is 41.9 Å². The highest BCUT2D eigenvalue weighted by atomic mass is 35.5. The summed E-state index contributed by atoms with van der Waals surface area (Å²) in [7, 11) is -3.92. The fraction of sp³-hybridized carbons (Fsp3) is 0.174. The third kappa shape index (κ3) is 5.21. The van der Waals surface area contributed by atoms with E-state index < -0.39 is 15.9 Å². The fourth-order valence-electron chi connectivity index (χ4n) is 3.27. The third-order valence-electron chi connectivity index (χ3n) is 4.92. The fourth-order valence-corrected chi connectivity index (χ4v) is 4.80. The minimum Gasteiger partial charge on any atom is -0.454 e. The summed E-state index contributed by atoms with van der Waals surface area (Å²) in [6, 6.07) is 20.4. The van der Waals surface area contributed by atoms with Gasteiger partial charge in [-0.05, 0) is 48.4 Å². The molecule has 0 radical (unpaired) electrons. The van der Waals surface area contributed by atoms with Crippen LogP contribution in [0.1, 0.15) is 5.56 Å². The van der Waals surface area contributed by atoms with Crippen molar-refractivity contribution in [2.75, 3.05) is 25.2 Å². The number of carbonyl (C=O) groups is 1. The first kappa shape index (κ1) is 22.1. The number of halogens is 1. The number of hydrogen-bond acceptors (Lipinski definition) is 5. The number of amides is 1. The maximum absolute atomic E-state index is 13.3. The van der Waals surface area contributed by atoms with Crippen LogP contribution < -0.4 is 14.8 Å². The summed E-state index contributed by atoms with van der Waals surface area (Å²) in [5.74, 6) is 0.657. The summed E-state index contributed by atoms with van der Waals surface area (Å²) in [5.41, 5.74) is 1.46. The molecule has 0 fully saturated rings. The standard InChI is InChI=1S/C23H21ClN2O5S/c24-18-6-9-20(10-7-18)32(28,29)26(13-12-17-4-2-1-3-5-17)15-23(27)25-19-8-11-21-22(14-19)31-16-30-21/h1-11,14H,12-13,15-16H2,(H,25,27). The molecule has 0 bridgehead atoms. The number of benzene rings is 3. The van der Waals surface area contributed by atoms with E-state index in [1.165, 1.54) is 28.6 Å². The summed E-state index contributed by atoms with van der Waals surface area (Å²) >= 11 is 5.91. The number of sulfonamides is 1. The van der Waals surface area contributed by atoms with E-state index in [0.717, 1.165) is 5.56 Å². The Bertz CT molecular complexity index is 1200. The van der Waals surface area contributed by atoms with Gasteiger partial charge in [0, 0.05) is 23.3 Å². The van der Waals surface area contributed by atoms with E-state index in [0.29, 0.717) is 28.6 Å². The monoisotopic (exact) mass is 472 g/mol. The molecule has 7 nitrogen and oxygen atoms in total. The Morgan fingerprint density at radius 1 is 0.969 bits per heavy atom. The molecule has 32 heavy (non-hydrogen) atoms. The highest BCUT2D eigenvalue weighted by molar-refractivity contribution is 7.89. The summed E-state index contributed by atoms with van der Waals surface area (Å²) in [6.07, 6.45) is 0.463. The van der Waals surface area contributed by atoms with Gasteiger partial charge in [0.1, 0.15) is 0 Å². The lowest BCUT2D eigenvalue weighted by Crippen LogP contribution is -2.39. The number of hydrogen-bond donors (Lipinski definition) is 1. The van der Waals surface area contributed by atoms with E-state index in [-0.39, 0.29) is 24.8 Å². The molecule has 4 rings (SSSR count). The van der Waals surface area contributed by atoms with Crippen LogP contribution in [0.2, 0.25) is 5.02 Å². The number of carbonyl (C=O) groups excluding carboxylic acids is 1. The molecule has 0 saturated carbocycles. The van der Waals surface area contributed by atoms with Crippen LogP contribution in [-0.2, 0) is 21.2 Å². The van der Waals surface area contributed by atoms with Gasteiger partial charge >= 0.3 is 0 Å². The van der Waals surface area contributed by atoms with Crippen molar-refractivity contribution in [3.05, 3.63) is 83.4 Å². The normalized spacial score (nSPS) is 12.7. The molecular formula is C23H21ClN2O5S. The summed E-state index contributed by atoms with van der Waals surface area (Å²) in [6.45, 7) is -0.0743. The molecule has 3 aromatic carbocycles. The van der Waals surface area contributed by atoms with Crippen LogP contribution in [0.3, 0.4) is 0 Å². The van der Waals surface area contributed by atoms with Crippen molar-refractivity contribution in [1.29, 1.82) is 0 Å². The summed E-state index contributed by atoms with van der Waals surface area (Å²) in [4.78, 5) is 12.8. The molecule has 3 aromatic rings. The van der Waals surface area contributed by atoms with Crippen molar-refractivity contribution in [3.8, 4) is 11.5 Å². The Morgan fingerprint density at radius 3 is 2.44 bits per heavy atom. The smallest absolute Gasteiger partial charge is 0.243 e. The van der Waals surface area contributed by atoms with Gasteiger partial charge in [0.05, 0.1) is 11.4 Å². The molecule has 1 aliphatic rings. The molecule has 166 valence electrons. The van der Waals surface area contributed by atoms with Crippen LogP contribution >= 0.6 is 11.6 Å². The number of nitrogens with one attached hydrogen (secondary N) is 1. The van der Waals surface area contributed by atoms with Gasteiger partial charge in [-0.2, -0.15) is 4.31 Å². The molecule has 0 aliphatic carbocycles. The maximum atomic E-state index is 13.3. The van der Waals surface area contributed by atoms with E-state index in [9.17, 15) is 13.2 Å². The van der Waals surface area contributed by atoms with Crippen LogP contribution in [-0.4, -0.2) is 38.5 Å². The summed E-state index contributed by atoms with van der Waals surface area (Å²) < 4.78 is 38.3. The lowest BCUT2D eigenvalue weighted by molar-refractivity contribution is -0.116. The Labute approximate surface area is 191 Å². The third-order valence-corrected chi connectivity index (χ3v) is 7.03. The minimum absolute atomic E-state index is 0.0749. The zero-order valence-electron chi connectivity index (χ0n) is 17.0. The first-order chi connectivity index (χ1) is 15.4. The quantitative estimate of drug-likeness (QED) is 0.536. The maximum Gasteiger partial charge on any atom is 0.243 e. The lowest BCUT2D eigenvalue weighted by atomic mass is 10.1. The van der Waals surface area contributed by atoms with Crippen LogP contribution in [0.5, 0.6) is 11.5 Å². The van der Waals surface area contributed by atoms with E-state index in [2.05, 4.69) is 5.32 Å². The molecule has 9 heteroatoms. The van der Waals surface area contributed by atoms with Gasteiger partial charge in [-0.15, -0.1) is 0 Å². The molecule has 0 unspecified atom stereocenters. The molecule has 0 atom stereocenters. The SMILES string of the molecule is O=C(CN(CCc1ccccc1)S(=O)(=O)c1ccc(Cl)cc1)Nc1ccc2c(c1)OCO2. The molecular weight excluding hydrogens is 452 g/mol. The van der Waals surface area contributed by atoms with Crippen LogP contribution in [0.4, 0.5) is 5.69 Å². The number of fused-ring (bicyclic) bond motifs is 1. The zero-order chi connectivity index (χ0) is 22.6. The van der Waals surface area contributed by atoms with Gasteiger partial charge in [-0.3, -0.25) is 4.79 Å². The molecule has 1 amide bonds. The molecule has 0 saturated heterocycles. The van der Waals surface area contributed by atoms with Gasteiger partial charge < -0.3 is 14.8 Å². The number of ether oxygens (including phenoxy) is 2. The van der Waals surface area contributed by atoms with Crippen LogP contribution in [0.25, 0.3) is 0 Å². The second-order valence-electron chi connectivity index (χ2n) is 7.14. The minimum atomic E-state index is -3.92. The van der Waals surface area contributed by atoms with E-state index in [1.807, 2.05) is 30.3 Å². The molecule has 1 aliphatic heterocycles. The average molecular weight is 473 g/mol. The summed E-state index contributed by atoms with van der Waals surface area (Å²) in [5, 5.41) is 3.16. The lowest BCUT2D eigenvalue weighted by Gasteiger charge is -2.22. The van der Waals surface area contributed by atoms with E-state index in [1.54, 1.807) is 18.2 Å². The number of anilines is 1. The highest BCUT2D eigenvalue weighted by Gasteiger charge is 2.27. The first-order valence-electron chi connectivity index (χ1n) is 9.91. The topological polar surface area (TPSA) is 84.9 Å². The predicted octanol–water partition coefficient (Wildman–Crippen LogP) is 3.94. The number of nitrogens with zero attached hydrogens (tertiary/aromatic N) is 1. The van der Waals surface area contributed by atoms with Crippen molar-refractivity contribution in [2.24, 2.45) is 0 Å². The average Bonchev–Trinajstić information content (AvgIpc) is 3.25. The van der Waals surface area contributed by atoms with Crippen molar-refractivity contribution in [1.82, 2.24) is 4.31 Å². The Morgan fingerprint density at radius 2 is 1.69 bits per heavy atom. The predicted molar refractivity (Wildman–Crippen MR) is 122 cm³/mol. The first-order valence-corrected chi connectivity index (χ1v) is 11.7. The second-order valence-corrected chi connectivity index (χ2v) is 9.52. The molecule has 1 heterocycles. The molecule has 0 spiro atoms. The van der Waals surface area contributed by atoms with Gasteiger partial charge in [0.15, 0.2) is 11.5 Å². The zero-order valence-corrected chi connectivity index (χ0v) is 18.6. The van der Waals surface area contributed by atoms with Gasteiger partial charge in [0.25, 0.3) is 0 Å². The van der Waals surface area contributed by atoms with Crippen molar-refractivity contribution < 1.29 is 22.7 Å². The Hall–Kier alpha value is -3.07. The van der Waals surface area contributed by atoms with E-state index in [4.69, 9.17) is 21.1 Å². The largest absolute Gasteiger partial charge is 0.454 e. The van der Waals surface area contributed by atoms with Gasteiger partial charge in [-0.25, -0.2) is 8.42 Å². The van der Waals surface area contributed by atoms with Crippen molar-refractivity contribution >= 4 is 33.2 Å². The van der Waals surface area contributed by atoms with Crippen LogP contribution in [0.15, 0.2) is 77.7 Å². The Kier molecular flexibility index (Phi) is 6.64. The number of rotatable bonds is 8. The van der Waals surface area contributed by atoms with E-state index >= 15 is 0 Å². The molecule has 1 N–H and O–H groups in total. The van der Waals surface area contributed by atoms with Crippen molar-refractivity contribution in [2.45, 2.75) is 11.3 Å². The van der Waals surface area contributed by atoms with Crippen molar-refractivity contribution in [3.63, 3.8) is 0 Å². The van der Waals surface area contributed by atoms with Crippen LogP contribution in [0, 0.1) is 0 Å². The van der Waals surface area contributed by atoms with Gasteiger partial charge in [0.2, 0.25) is 22.7 Å².